The molecule has 2 aliphatic rings. The molecule has 1 aliphatic carbocycles. The zero-order valence-electron chi connectivity index (χ0n) is 12.8. The summed E-state index contributed by atoms with van der Waals surface area (Å²) in [6.07, 6.45) is 5.43. The van der Waals surface area contributed by atoms with E-state index < -0.39 is 0 Å². The van der Waals surface area contributed by atoms with Crippen molar-refractivity contribution in [2.75, 3.05) is 25.4 Å². The molecule has 1 unspecified atom stereocenters. The van der Waals surface area contributed by atoms with Gasteiger partial charge in [-0.15, -0.1) is 0 Å². The number of hydrogen-bond acceptors (Lipinski definition) is 5. The van der Waals surface area contributed by atoms with Gasteiger partial charge < -0.3 is 10.8 Å². The van der Waals surface area contributed by atoms with E-state index in [9.17, 15) is 5.11 Å². The molecule has 0 bridgehead atoms. The highest BCUT2D eigenvalue weighted by molar-refractivity contribution is 5.74. The first kappa shape index (κ1) is 14.5. The van der Waals surface area contributed by atoms with Crippen molar-refractivity contribution in [1.29, 1.82) is 0 Å². The highest BCUT2D eigenvalue weighted by Crippen LogP contribution is 2.31. The molecule has 21 heavy (non-hydrogen) atoms. The summed E-state index contributed by atoms with van der Waals surface area (Å²) in [6, 6.07) is 0. The van der Waals surface area contributed by atoms with Crippen molar-refractivity contribution in [2.45, 2.75) is 32.8 Å². The Labute approximate surface area is 125 Å². The minimum atomic E-state index is -0.204. The molecule has 1 aromatic heterocycles. The molecule has 0 aromatic carbocycles. The fourth-order valence-corrected chi connectivity index (χ4v) is 3.51. The molecule has 0 spiro atoms. The average molecular weight is 288 g/mol. The number of aliphatic hydroxyl groups is 1. The summed E-state index contributed by atoms with van der Waals surface area (Å²) < 4.78 is 0. The van der Waals surface area contributed by atoms with Crippen LogP contribution in [0.1, 0.15) is 31.5 Å². The lowest BCUT2D eigenvalue weighted by Gasteiger charge is -2.17. The van der Waals surface area contributed by atoms with Crippen LogP contribution >= 0.6 is 0 Å². The second kappa shape index (κ2) is 5.73. The Bertz CT molecular complexity index is 555. The van der Waals surface area contributed by atoms with Crippen LogP contribution in [0.15, 0.2) is 12.4 Å². The Morgan fingerprint density at radius 2 is 2.19 bits per heavy atom. The van der Waals surface area contributed by atoms with Crippen LogP contribution in [0.2, 0.25) is 0 Å². The number of hydrogen-bond donors (Lipinski definition) is 2. The molecular formula is C16H24N4O. The van der Waals surface area contributed by atoms with Crippen molar-refractivity contribution in [3.8, 4) is 0 Å². The van der Waals surface area contributed by atoms with E-state index in [-0.39, 0.29) is 6.10 Å². The van der Waals surface area contributed by atoms with Crippen molar-refractivity contribution in [1.82, 2.24) is 14.9 Å². The Balaban J connectivity index is 1.66. The molecule has 2 atom stereocenters. The van der Waals surface area contributed by atoms with E-state index in [1.54, 1.807) is 0 Å². The predicted octanol–water partition coefficient (Wildman–Crippen LogP) is 1.34. The fraction of sp³-hybridized carbons (Fsp3) is 0.625. The van der Waals surface area contributed by atoms with E-state index in [1.807, 2.05) is 0 Å². The molecule has 3 N–H and O–H groups in total. The number of β-amino-alcohol motifs (C(OH)–C–C–N with tert-alkyl or cyclic N) is 1. The molecule has 0 radical (unpaired) electrons. The number of rotatable bonds is 4. The summed E-state index contributed by atoms with van der Waals surface area (Å²) in [6.45, 7) is 6.99. The maximum absolute atomic E-state index is 10.2. The van der Waals surface area contributed by atoms with Gasteiger partial charge in [-0.3, -0.25) is 4.90 Å². The number of aromatic nitrogens is 2. The molecule has 1 aromatic rings. The van der Waals surface area contributed by atoms with Gasteiger partial charge in [-0.2, -0.15) is 0 Å². The number of nitrogens with zero attached hydrogens (tertiary/aromatic N) is 3. The molecule has 0 saturated carbocycles. The van der Waals surface area contributed by atoms with Gasteiger partial charge in [0.15, 0.2) is 0 Å². The lowest BCUT2D eigenvalue weighted by Crippen LogP contribution is -2.24. The van der Waals surface area contributed by atoms with E-state index in [0.29, 0.717) is 17.7 Å². The minimum absolute atomic E-state index is 0.204. The van der Waals surface area contributed by atoms with Crippen LogP contribution in [-0.4, -0.2) is 45.7 Å². The van der Waals surface area contributed by atoms with Crippen LogP contribution in [0, 0.1) is 11.8 Å². The van der Waals surface area contributed by atoms with Crippen LogP contribution in [0.3, 0.4) is 0 Å². The van der Waals surface area contributed by atoms with Gasteiger partial charge in [0.1, 0.15) is 12.1 Å². The molecule has 114 valence electrons. The van der Waals surface area contributed by atoms with Crippen molar-refractivity contribution >= 4 is 11.4 Å². The maximum atomic E-state index is 10.2. The second-order valence-corrected chi connectivity index (χ2v) is 6.67. The monoisotopic (exact) mass is 288 g/mol. The van der Waals surface area contributed by atoms with Crippen LogP contribution < -0.4 is 5.73 Å². The Morgan fingerprint density at radius 1 is 1.38 bits per heavy atom. The van der Waals surface area contributed by atoms with E-state index in [0.717, 1.165) is 43.7 Å². The summed E-state index contributed by atoms with van der Waals surface area (Å²) in [4.78, 5) is 10.8. The molecule has 0 amide bonds. The molecule has 2 heterocycles. The van der Waals surface area contributed by atoms with Gasteiger partial charge in [-0.1, -0.05) is 19.9 Å². The normalized spacial score (nSPS) is 25.4. The maximum Gasteiger partial charge on any atom is 0.130 e. The first-order valence-corrected chi connectivity index (χ1v) is 7.73. The molecule has 5 heteroatoms. The highest BCUT2D eigenvalue weighted by Gasteiger charge is 2.32. The largest absolute Gasteiger partial charge is 0.391 e. The topological polar surface area (TPSA) is 75.3 Å². The smallest absolute Gasteiger partial charge is 0.130 e. The number of anilines is 1. The Kier molecular flexibility index (Phi) is 3.95. The van der Waals surface area contributed by atoms with Gasteiger partial charge in [0.25, 0.3) is 0 Å². The van der Waals surface area contributed by atoms with Crippen LogP contribution in [0.25, 0.3) is 5.57 Å². The molecule has 1 saturated heterocycles. The first-order valence-electron chi connectivity index (χ1n) is 7.73. The third kappa shape index (κ3) is 2.94. The van der Waals surface area contributed by atoms with Crippen molar-refractivity contribution in [3.63, 3.8) is 0 Å². The number of nitrogen functional groups attached to an aromatic ring is 1. The number of nitrogens with two attached hydrogens (primary N) is 1. The molecule has 1 fully saturated rings. The third-order valence-electron chi connectivity index (χ3n) is 4.49. The summed E-state index contributed by atoms with van der Waals surface area (Å²) in [5.41, 5.74) is 9.16. The zero-order chi connectivity index (χ0) is 15.0. The van der Waals surface area contributed by atoms with E-state index in [1.165, 1.54) is 11.9 Å². The van der Waals surface area contributed by atoms with Crippen LogP contribution in [0.4, 0.5) is 5.82 Å². The van der Waals surface area contributed by atoms with Crippen molar-refractivity contribution < 1.29 is 5.11 Å². The summed E-state index contributed by atoms with van der Waals surface area (Å²) in [7, 11) is 0. The number of likely N-dealkylation sites (tertiary alicyclic amines) is 1. The van der Waals surface area contributed by atoms with E-state index >= 15 is 0 Å². The van der Waals surface area contributed by atoms with Gasteiger partial charge >= 0.3 is 0 Å². The predicted molar refractivity (Wildman–Crippen MR) is 83.5 cm³/mol. The average Bonchev–Trinajstić information content (AvgIpc) is 2.96. The number of allylic oxidation sites excluding steroid dienone is 1. The van der Waals surface area contributed by atoms with Crippen LogP contribution in [0.5, 0.6) is 0 Å². The SMILES string of the molecule is CC(C)CC1CN(CC2=CCc3c(N)ncnc32)C[C@@H]1O. The van der Waals surface area contributed by atoms with Gasteiger partial charge in [0.05, 0.1) is 11.8 Å². The minimum Gasteiger partial charge on any atom is -0.391 e. The van der Waals surface area contributed by atoms with Crippen LogP contribution in [-0.2, 0) is 6.42 Å². The molecule has 1 aliphatic heterocycles. The molecule has 5 nitrogen and oxygen atoms in total. The van der Waals surface area contributed by atoms with Gasteiger partial charge in [0.2, 0.25) is 0 Å². The summed E-state index contributed by atoms with van der Waals surface area (Å²) >= 11 is 0. The van der Waals surface area contributed by atoms with Crippen molar-refractivity contribution in [3.05, 3.63) is 23.7 Å². The standard InChI is InChI=1S/C16H24N4O/c1-10(2)5-12-7-20(8-14(12)21)6-11-3-4-13-15(11)18-9-19-16(13)17/h3,9-10,12,14,21H,4-8H2,1-2H3,(H2,17,18,19)/t12?,14-/m0/s1. The molecular weight excluding hydrogens is 264 g/mol. The van der Waals surface area contributed by atoms with Gasteiger partial charge in [-0.05, 0) is 30.3 Å². The van der Waals surface area contributed by atoms with Crippen molar-refractivity contribution in [2.24, 2.45) is 11.8 Å². The lowest BCUT2D eigenvalue weighted by atomic mass is 9.95. The summed E-state index contributed by atoms with van der Waals surface area (Å²) in [5.74, 6) is 1.61. The third-order valence-corrected chi connectivity index (χ3v) is 4.49. The summed E-state index contributed by atoms with van der Waals surface area (Å²) in [5, 5.41) is 10.2. The second-order valence-electron chi connectivity index (χ2n) is 6.67. The zero-order valence-corrected chi connectivity index (χ0v) is 12.8. The Hall–Kier alpha value is -1.46. The highest BCUT2D eigenvalue weighted by atomic mass is 16.3. The quantitative estimate of drug-likeness (QED) is 0.874. The van der Waals surface area contributed by atoms with Gasteiger partial charge in [0, 0.05) is 25.2 Å². The van der Waals surface area contributed by atoms with Gasteiger partial charge in [-0.25, -0.2) is 9.97 Å². The van der Waals surface area contributed by atoms with E-state index in [2.05, 4.69) is 34.8 Å². The molecule has 3 rings (SSSR count). The first-order chi connectivity index (χ1) is 10.0. The lowest BCUT2D eigenvalue weighted by molar-refractivity contribution is 0.132. The number of fused-ring (bicyclic) bond motifs is 1. The Morgan fingerprint density at radius 3 is 2.95 bits per heavy atom. The van der Waals surface area contributed by atoms with E-state index in [4.69, 9.17) is 5.73 Å². The number of aliphatic hydroxyl groups excluding tert-OH is 1. The fourth-order valence-electron chi connectivity index (χ4n) is 3.51.